The van der Waals surface area contributed by atoms with Crippen LogP contribution in [-0.4, -0.2) is 48.4 Å². The fraction of sp³-hybridized carbons (Fsp3) is 0.348. The zero-order valence-electron chi connectivity index (χ0n) is 16.6. The van der Waals surface area contributed by atoms with Gasteiger partial charge < -0.3 is 15.0 Å². The number of hydrogen-bond donors (Lipinski definition) is 1. The molecule has 1 aliphatic heterocycles. The van der Waals surface area contributed by atoms with Gasteiger partial charge in [-0.25, -0.2) is 0 Å². The van der Waals surface area contributed by atoms with Crippen LogP contribution in [0.4, 0.5) is 0 Å². The predicted molar refractivity (Wildman–Crippen MR) is 110 cm³/mol. The molecule has 6 nitrogen and oxygen atoms in total. The van der Waals surface area contributed by atoms with Gasteiger partial charge in [0.2, 0.25) is 0 Å². The van der Waals surface area contributed by atoms with Crippen LogP contribution >= 0.6 is 0 Å². The van der Waals surface area contributed by atoms with Gasteiger partial charge in [-0.1, -0.05) is 42.5 Å². The molecule has 3 rings (SSSR count). The van der Waals surface area contributed by atoms with Gasteiger partial charge in [0, 0.05) is 18.2 Å². The predicted octanol–water partition coefficient (Wildman–Crippen LogP) is 3.03. The van der Waals surface area contributed by atoms with Gasteiger partial charge in [-0.3, -0.25) is 14.4 Å². The van der Waals surface area contributed by atoms with Crippen LogP contribution in [0.2, 0.25) is 0 Å². The minimum absolute atomic E-state index is 0.175. The first-order valence-electron chi connectivity index (χ1n) is 9.93. The minimum Gasteiger partial charge on any atom is -0.454 e. The lowest BCUT2D eigenvalue weighted by molar-refractivity contribution is -0.152. The average Bonchev–Trinajstić information content (AvgIpc) is 2.77. The summed E-state index contributed by atoms with van der Waals surface area (Å²) in [6, 6.07) is 17.2. The number of carbonyl (C=O) groups excluding carboxylic acids is 3. The number of benzene rings is 2. The summed E-state index contributed by atoms with van der Waals surface area (Å²) in [6.45, 7) is 2.14. The SMILES string of the molecule is C[C@@H]1CCCCN1C(=O)COC(=O)CNC(=O)c1ccc(-c2ccccc2)cc1. The molecule has 1 fully saturated rings. The smallest absolute Gasteiger partial charge is 0.325 e. The highest BCUT2D eigenvalue weighted by Gasteiger charge is 2.23. The lowest BCUT2D eigenvalue weighted by atomic mass is 10.0. The number of esters is 1. The average molecular weight is 394 g/mol. The van der Waals surface area contributed by atoms with Crippen LogP contribution in [0.25, 0.3) is 11.1 Å². The topological polar surface area (TPSA) is 75.7 Å². The Labute approximate surface area is 170 Å². The number of likely N-dealkylation sites (tertiary alicyclic amines) is 1. The normalized spacial score (nSPS) is 16.2. The Morgan fingerprint density at radius 3 is 2.38 bits per heavy atom. The number of nitrogens with zero attached hydrogens (tertiary/aromatic N) is 1. The van der Waals surface area contributed by atoms with Crippen molar-refractivity contribution in [3.05, 3.63) is 60.2 Å². The van der Waals surface area contributed by atoms with E-state index in [0.717, 1.165) is 30.4 Å². The number of amides is 2. The number of piperidine rings is 1. The highest BCUT2D eigenvalue weighted by molar-refractivity contribution is 5.96. The monoisotopic (exact) mass is 394 g/mol. The van der Waals surface area contributed by atoms with Crippen molar-refractivity contribution in [3.8, 4) is 11.1 Å². The van der Waals surface area contributed by atoms with Gasteiger partial charge in [-0.05, 0) is 49.4 Å². The van der Waals surface area contributed by atoms with E-state index in [2.05, 4.69) is 5.32 Å². The van der Waals surface area contributed by atoms with Crippen LogP contribution in [0.15, 0.2) is 54.6 Å². The molecule has 0 radical (unpaired) electrons. The molecular formula is C23H26N2O4. The number of carbonyl (C=O) groups is 3. The van der Waals surface area contributed by atoms with Crippen molar-refractivity contribution in [3.63, 3.8) is 0 Å². The zero-order chi connectivity index (χ0) is 20.6. The molecule has 0 aromatic heterocycles. The van der Waals surface area contributed by atoms with Crippen molar-refractivity contribution in [2.75, 3.05) is 19.7 Å². The van der Waals surface area contributed by atoms with Gasteiger partial charge in [0.1, 0.15) is 6.54 Å². The fourth-order valence-corrected chi connectivity index (χ4v) is 3.44. The second-order valence-electron chi connectivity index (χ2n) is 7.22. The summed E-state index contributed by atoms with van der Waals surface area (Å²) in [5.74, 6) is -1.18. The van der Waals surface area contributed by atoms with E-state index in [1.54, 1.807) is 17.0 Å². The second kappa shape index (κ2) is 9.87. The maximum absolute atomic E-state index is 12.2. The quantitative estimate of drug-likeness (QED) is 0.764. The molecular weight excluding hydrogens is 368 g/mol. The van der Waals surface area contributed by atoms with Crippen molar-refractivity contribution < 1.29 is 19.1 Å². The van der Waals surface area contributed by atoms with Crippen molar-refractivity contribution in [2.24, 2.45) is 0 Å². The minimum atomic E-state index is -0.628. The summed E-state index contributed by atoms with van der Waals surface area (Å²) in [6.07, 6.45) is 3.06. The van der Waals surface area contributed by atoms with Gasteiger partial charge in [0.15, 0.2) is 6.61 Å². The zero-order valence-corrected chi connectivity index (χ0v) is 16.6. The summed E-state index contributed by atoms with van der Waals surface area (Å²) in [7, 11) is 0. The van der Waals surface area contributed by atoms with E-state index >= 15 is 0 Å². The summed E-state index contributed by atoms with van der Waals surface area (Å²) in [5.41, 5.74) is 2.53. The van der Waals surface area contributed by atoms with E-state index in [4.69, 9.17) is 4.74 Å². The van der Waals surface area contributed by atoms with Crippen molar-refractivity contribution in [2.45, 2.75) is 32.2 Å². The molecule has 0 spiro atoms. The Kier molecular flexibility index (Phi) is 7.00. The molecule has 0 bridgehead atoms. The molecule has 2 aromatic carbocycles. The summed E-state index contributed by atoms with van der Waals surface area (Å²) >= 11 is 0. The Balaban J connectivity index is 1.44. The van der Waals surface area contributed by atoms with Crippen molar-refractivity contribution in [1.82, 2.24) is 10.2 Å². The lowest BCUT2D eigenvalue weighted by Gasteiger charge is -2.33. The Bertz CT molecular complexity index is 849. The third-order valence-corrected chi connectivity index (χ3v) is 5.13. The second-order valence-corrected chi connectivity index (χ2v) is 7.22. The number of hydrogen-bond acceptors (Lipinski definition) is 4. The first-order chi connectivity index (χ1) is 14.0. The third-order valence-electron chi connectivity index (χ3n) is 5.13. The molecule has 152 valence electrons. The van der Waals surface area contributed by atoms with Crippen molar-refractivity contribution in [1.29, 1.82) is 0 Å². The molecule has 0 unspecified atom stereocenters. The molecule has 0 aliphatic carbocycles. The highest BCUT2D eigenvalue weighted by atomic mass is 16.5. The highest BCUT2D eigenvalue weighted by Crippen LogP contribution is 2.19. The largest absolute Gasteiger partial charge is 0.454 e. The van der Waals surface area contributed by atoms with Gasteiger partial charge in [-0.2, -0.15) is 0 Å². The third kappa shape index (κ3) is 5.67. The molecule has 1 heterocycles. The molecule has 2 amide bonds. The molecule has 1 saturated heterocycles. The van der Waals surface area contributed by atoms with Crippen LogP contribution in [0.5, 0.6) is 0 Å². The van der Waals surface area contributed by atoms with E-state index in [-0.39, 0.29) is 31.0 Å². The number of ether oxygens (including phenoxy) is 1. The molecule has 6 heteroatoms. The molecule has 1 aliphatic rings. The number of nitrogens with one attached hydrogen (secondary N) is 1. The maximum atomic E-state index is 12.2. The first kappa shape index (κ1) is 20.6. The van der Waals surface area contributed by atoms with Gasteiger partial charge >= 0.3 is 5.97 Å². The van der Waals surface area contributed by atoms with E-state index in [1.807, 2.05) is 49.4 Å². The Morgan fingerprint density at radius 2 is 1.69 bits per heavy atom. The van der Waals surface area contributed by atoms with E-state index < -0.39 is 5.97 Å². The number of rotatable bonds is 6. The van der Waals surface area contributed by atoms with Gasteiger partial charge in [0.05, 0.1) is 0 Å². The standard InChI is InChI=1S/C23H26N2O4/c1-17-7-5-6-14-25(17)21(26)16-29-22(27)15-24-23(28)20-12-10-19(11-13-20)18-8-3-2-4-9-18/h2-4,8-13,17H,5-7,14-16H2,1H3,(H,24,28)/t17-/m1/s1. The molecule has 1 atom stereocenters. The summed E-state index contributed by atoms with van der Waals surface area (Å²) in [5, 5.41) is 2.53. The van der Waals surface area contributed by atoms with Gasteiger partial charge in [0.25, 0.3) is 11.8 Å². The Hall–Kier alpha value is -3.15. The van der Waals surface area contributed by atoms with Crippen LogP contribution in [0.3, 0.4) is 0 Å². The van der Waals surface area contributed by atoms with Crippen LogP contribution in [0, 0.1) is 0 Å². The van der Waals surface area contributed by atoms with E-state index in [9.17, 15) is 14.4 Å². The van der Waals surface area contributed by atoms with Crippen LogP contribution < -0.4 is 5.32 Å². The van der Waals surface area contributed by atoms with E-state index in [0.29, 0.717) is 12.1 Å². The van der Waals surface area contributed by atoms with Crippen LogP contribution in [-0.2, 0) is 14.3 Å². The van der Waals surface area contributed by atoms with Crippen LogP contribution in [0.1, 0.15) is 36.5 Å². The lowest BCUT2D eigenvalue weighted by Crippen LogP contribution is -2.44. The van der Waals surface area contributed by atoms with Gasteiger partial charge in [-0.15, -0.1) is 0 Å². The molecule has 2 aromatic rings. The Morgan fingerprint density at radius 1 is 1.00 bits per heavy atom. The summed E-state index contributed by atoms with van der Waals surface area (Å²) < 4.78 is 5.02. The molecule has 29 heavy (non-hydrogen) atoms. The first-order valence-corrected chi connectivity index (χ1v) is 9.93. The van der Waals surface area contributed by atoms with Crippen molar-refractivity contribution >= 4 is 17.8 Å². The summed E-state index contributed by atoms with van der Waals surface area (Å²) in [4.78, 5) is 38.0. The van der Waals surface area contributed by atoms with E-state index in [1.165, 1.54) is 0 Å². The molecule has 0 saturated carbocycles. The molecule has 1 N–H and O–H groups in total. The maximum Gasteiger partial charge on any atom is 0.325 e. The fourth-order valence-electron chi connectivity index (χ4n) is 3.44.